The van der Waals surface area contributed by atoms with Crippen molar-refractivity contribution in [3.8, 4) is 16.9 Å². The van der Waals surface area contributed by atoms with Gasteiger partial charge in [-0.1, -0.05) is 29.3 Å². The molecule has 20 heavy (non-hydrogen) atoms. The van der Waals surface area contributed by atoms with Gasteiger partial charge >= 0.3 is 0 Å². The monoisotopic (exact) mass is 312 g/mol. The molecule has 0 aromatic heterocycles. The predicted molar refractivity (Wildman–Crippen MR) is 78.4 cm³/mol. The molecule has 0 fully saturated rings. The Labute approximate surface area is 126 Å². The average Bonchev–Trinajstić information content (AvgIpc) is 2.42. The van der Waals surface area contributed by atoms with E-state index in [4.69, 9.17) is 27.9 Å². The van der Waals surface area contributed by atoms with Gasteiger partial charge in [-0.05, 0) is 30.7 Å². The summed E-state index contributed by atoms with van der Waals surface area (Å²) in [4.78, 5) is 10.6. The second kappa shape index (κ2) is 6.25. The summed E-state index contributed by atoms with van der Waals surface area (Å²) in [5, 5.41) is 0.794. The lowest BCUT2D eigenvalue weighted by atomic mass is 10.0. The molecule has 0 saturated carbocycles. The van der Waals surface area contributed by atoms with Crippen LogP contribution in [0.2, 0.25) is 10.0 Å². The number of carbonyl (C=O) groups excluding carboxylic acids is 1. The van der Waals surface area contributed by atoms with Crippen LogP contribution in [0.25, 0.3) is 11.1 Å². The van der Waals surface area contributed by atoms with Crippen molar-refractivity contribution in [2.24, 2.45) is 0 Å². The molecule has 0 heterocycles. The maximum absolute atomic E-state index is 13.6. The first-order chi connectivity index (χ1) is 9.56. The van der Waals surface area contributed by atoms with Crippen molar-refractivity contribution in [1.29, 1.82) is 0 Å². The van der Waals surface area contributed by atoms with Crippen LogP contribution >= 0.6 is 23.2 Å². The maximum Gasteiger partial charge on any atom is 0.152 e. The Hall–Kier alpha value is -1.58. The summed E-state index contributed by atoms with van der Waals surface area (Å²) in [7, 11) is 0. The Balaban J connectivity index is 2.50. The molecule has 0 amide bonds. The standard InChI is InChI=1S/C15H11Cl2FO2/c1-2-20-15-7-12(16)11(6-13(15)17)9-3-4-10(8-19)14(18)5-9/h3-8H,2H2,1H3. The molecular weight excluding hydrogens is 302 g/mol. The molecule has 0 aliphatic rings. The molecule has 0 saturated heterocycles. The molecule has 0 bridgehead atoms. The SMILES string of the molecule is CCOc1cc(Cl)c(-c2ccc(C=O)c(F)c2)cc1Cl. The van der Waals surface area contributed by atoms with E-state index in [9.17, 15) is 9.18 Å². The Morgan fingerprint density at radius 1 is 1.20 bits per heavy atom. The zero-order chi connectivity index (χ0) is 14.7. The van der Waals surface area contributed by atoms with Gasteiger partial charge in [0.2, 0.25) is 0 Å². The third-order valence-electron chi connectivity index (χ3n) is 2.76. The Morgan fingerprint density at radius 2 is 1.95 bits per heavy atom. The zero-order valence-corrected chi connectivity index (χ0v) is 12.1. The molecule has 0 atom stereocenters. The van der Waals surface area contributed by atoms with Crippen molar-refractivity contribution in [1.82, 2.24) is 0 Å². The zero-order valence-electron chi connectivity index (χ0n) is 10.6. The summed E-state index contributed by atoms with van der Waals surface area (Å²) >= 11 is 12.3. The van der Waals surface area contributed by atoms with E-state index < -0.39 is 5.82 Å². The highest BCUT2D eigenvalue weighted by molar-refractivity contribution is 6.36. The van der Waals surface area contributed by atoms with Crippen molar-refractivity contribution >= 4 is 29.5 Å². The van der Waals surface area contributed by atoms with Crippen LogP contribution in [0.4, 0.5) is 4.39 Å². The van der Waals surface area contributed by atoms with E-state index in [0.29, 0.717) is 39.8 Å². The quantitative estimate of drug-likeness (QED) is 0.742. The summed E-state index contributed by atoms with van der Waals surface area (Å²) in [6.07, 6.45) is 0.464. The van der Waals surface area contributed by atoms with Crippen LogP contribution in [0.1, 0.15) is 17.3 Å². The lowest BCUT2D eigenvalue weighted by Gasteiger charge is -2.11. The van der Waals surface area contributed by atoms with E-state index in [1.807, 2.05) is 6.92 Å². The highest BCUT2D eigenvalue weighted by Crippen LogP contribution is 2.37. The van der Waals surface area contributed by atoms with Crippen molar-refractivity contribution < 1.29 is 13.9 Å². The van der Waals surface area contributed by atoms with Crippen LogP contribution in [0, 0.1) is 5.82 Å². The average molecular weight is 313 g/mol. The van der Waals surface area contributed by atoms with Crippen LogP contribution in [0.3, 0.4) is 0 Å². The van der Waals surface area contributed by atoms with Crippen LogP contribution < -0.4 is 4.74 Å². The number of aldehydes is 1. The van der Waals surface area contributed by atoms with Gasteiger partial charge in [0.05, 0.1) is 22.2 Å². The molecule has 0 unspecified atom stereocenters. The minimum Gasteiger partial charge on any atom is -0.492 e. The third kappa shape index (κ3) is 2.94. The van der Waals surface area contributed by atoms with Gasteiger partial charge in [-0.3, -0.25) is 4.79 Å². The summed E-state index contributed by atoms with van der Waals surface area (Å²) in [6, 6.07) is 7.48. The fraction of sp³-hybridized carbons (Fsp3) is 0.133. The Morgan fingerprint density at radius 3 is 2.55 bits per heavy atom. The number of carbonyl (C=O) groups is 1. The fourth-order valence-electron chi connectivity index (χ4n) is 1.81. The number of halogens is 3. The Bertz CT molecular complexity index is 657. The molecule has 5 heteroatoms. The van der Waals surface area contributed by atoms with E-state index in [0.717, 1.165) is 0 Å². The number of benzene rings is 2. The molecule has 0 aliphatic carbocycles. The van der Waals surface area contributed by atoms with E-state index >= 15 is 0 Å². The number of rotatable bonds is 4. The highest BCUT2D eigenvalue weighted by atomic mass is 35.5. The maximum atomic E-state index is 13.6. The van der Waals surface area contributed by atoms with Gasteiger partial charge in [-0.15, -0.1) is 0 Å². The summed E-state index contributed by atoms with van der Waals surface area (Å²) in [5.41, 5.74) is 1.13. The molecule has 0 N–H and O–H groups in total. The van der Waals surface area contributed by atoms with Crippen molar-refractivity contribution in [2.45, 2.75) is 6.92 Å². The minimum atomic E-state index is -0.599. The molecule has 0 aliphatic heterocycles. The van der Waals surface area contributed by atoms with Gasteiger partial charge in [-0.25, -0.2) is 4.39 Å². The van der Waals surface area contributed by atoms with Gasteiger partial charge in [-0.2, -0.15) is 0 Å². The lowest BCUT2D eigenvalue weighted by molar-refractivity contribution is 0.112. The third-order valence-corrected chi connectivity index (χ3v) is 3.37. The van der Waals surface area contributed by atoms with Gasteiger partial charge in [0.1, 0.15) is 11.6 Å². The summed E-state index contributed by atoms with van der Waals surface area (Å²) < 4.78 is 19.0. The predicted octanol–water partition coefficient (Wildman–Crippen LogP) is 5.01. The first-order valence-electron chi connectivity index (χ1n) is 5.93. The fourth-order valence-corrected chi connectivity index (χ4v) is 2.29. The Kier molecular flexibility index (Phi) is 4.63. The number of ether oxygens (including phenoxy) is 1. The van der Waals surface area contributed by atoms with Gasteiger partial charge < -0.3 is 4.74 Å². The van der Waals surface area contributed by atoms with Gasteiger partial charge in [0, 0.05) is 11.6 Å². The van der Waals surface area contributed by atoms with Crippen molar-refractivity contribution in [3.05, 3.63) is 51.8 Å². The first kappa shape index (κ1) is 14.8. The molecule has 2 nitrogen and oxygen atoms in total. The molecule has 0 radical (unpaired) electrons. The van der Waals surface area contributed by atoms with Crippen LogP contribution in [-0.2, 0) is 0 Å². The van der Waals surface area contributed by atoms with E-state index in [1.54, 1.807) is 18.2 Å². The topological polar surface area (TPSA) is 26.3 Å². The molecule has 2 aromatic carbocycles. The molecule has 2 aromatic rings. The lowest BCUT2D eigenvalue weighted by Crippen LogP contribution is -1.94. The van der Waals surface area contributed by atoms with E-state index in [-0.39, 0.29) is 5.56 Å². The second-order valence-corrected chi connectivity index (χ2v) is 4.86. The molecule has 104 valence electrons. The summed E-state index contributed by atoms with van der Waals surface area (Å²) in [6.45, 7) is 2.31. The second-order valence-electron chi connectivity index (χ2n) is 4.05. The normalized spacial score (nSPS) is 10.4. The first-order valence-corrected chi connectivity index (χ1v) is 6.69. The molecule has 2 rings (SSSR count). The largest absolute Gasteiger partial charge is 0.492 e. The molecule has 0 spiro atoms. The van der Waals surface area contributed by atoms with Crippen LogP contribution in [0.15, 0.2) is 30.3 Å². The number of hydrogen-bond acceptors (Lipinski definition) is 2. The van der Waals surface area contributed by atoms with Gasteiger partial charge in [0.15, 0.2) is 6.29 Å². The summed E-state index contributed by atoms with van der Waals surface area (Å²) in [5.74, 6) is -0.119. The van der Waals surface area contributed by atoms with Crippen molar-refractivity contribution in [2.75, 3.05) is 6.61 Å². The van der Waals surface area contributed by atoms with Crippen molar-refractivity contribution in [3.63, 3.8) is 0 Å². The minimum absolute atomic E-state index is 0.00176. The molecular formula is C15H11Cl2FO2. The van der Waals surface area contributed by atoms with Gasteiger partial charge in [0.25, 0.3) is 0 Å². The van der Waals surface area contributed by atoms with Crippen LogP contribution in [0.5, 0.6) is 5.75 Å². The van der Waals surface area contributed by atoms with E-state index in [2.05, 4.69) is 0 Å². The van der Waals surface area contributed by atoms with Crippen LogP contribution in [-0.4, -0.2) is 12.9 Å². The number of hydrogen-bond donors (Lipinski definition) is 0. The smallest absolute Gasteiger partial charge is 0.152 e. The van der Waals surface area contributed by atoms with E-state index in [1.165, 1.54) is 12.1 Å². The highest BCUT2D eigenvalue weighted by Gasteiger charge is 2.12.